The van der Waals surface area contributed by atoms with Gasteiger partial charge in [0.2, 0.25) is 5.91 Å². The highest BCUT2D eigenvalue weighted by Gasteiger charge is 2.42. The molecule has 152 valence electrons. The zero-order valence-corrected chi connectivity index (χ0v) is 16.7. The van der Waals surface area contributed by atoms with E-state index in [9.17, 15) is 14.4 Å². The van der Waals surface area contributed by atoms with Gasteiger partial charge in [-0.3, -0.25) is 4.79 Å². The Morgan fingerprint density at radius 3 is 2.59 bits per heavy atom. The van der Waals surface area contributed by atoms with Crippen LogP contribution in [0.1, 0.15) is 44.2 Å². The molecule has 1 unspecified atom stereocenters. The van der Waals surface area contributed by atoms with Gasteiger partial charge in [0.25, 0.3) is 0 Å². The maximum Gasteiger partial charge on any atom is 0.235 e. The van der Waals surface area contributed by atoms with E-state index in [-0.39, 0.29) is 17.8 Å². The van der Waals surface area contributed by atoms with Crippen molar-refractivity contribution >= 4 is 11.6 Å². The number of hydrogen-bond donors (Lipinski definition) is 1. The molecule has 1 N–H and O–H groups in total. The molecule has 0 spiro atoms. The number of carbonyl (C=O) groups excluding carboxylic acids is 1. The van der Waals surface area contributed by atoms with Crippen LogP contribution in [-0.4, -0.2) is 25.2 Å². The van der Waals surface area contributed by atoms with Crippen LogP contribution < -0.4 is 10.1 Å². The average Bonchev–Trinajstić information content (AvgIpc) is 2.75. The van der Waals surface area contributed by atoms with E-state index in [1.807, 2.05) is 13.8 Å². The molecule has 1 aliphatic rings. The minimum absolute atomic E-state index is 0.0333. The number of halogens is 1. The molecule has 5 nitrogen and oxygen atoms in total. The lowest BCUT2D eigenvalue weighted by Gasteiger charge is -2.36. The largest absolute Gasteiger partial charge is 0.491 e. The summed E-state index contributed by atoms with van der Waals surface area (Å²) < 4.78 is 24.6. The second kappa shape index (κ2) is 9.06. The van der Waals surface area contributed by atoms with Gasteiger partial charge in [0.05, 0.1) is 22.8 Å². The van der Waals surface area contributed by atoms with Crippen molar-refractivity contribution in [1.82, 2.24) is 0 Å². The summed E-state index contributed by atoms with van der Waals surface area (Å²) in [6, 6.07) is 13.2. The Morgan fingerprint density at radius 1 is 1.28 bits per heavy atom. The van der Waals surface area contributed by atoms with Crippen molar-refractivity contribution in [3.8, 4) is 11.8 Å². The summed E-state index contributed by atoms with van der Waals surface area (Å²) in [7, 11) is 0. The van der Waals surface area contributed by atoms with E-state index < -0.39 is 5.41 Å². The monoisotopic (exact) mass is 396 g/mol. The molecule has 1 atom stereocenters. The normalized spacial score (nSPS) is 16.5. The molecule has 1 aliphatic heterocycles. The minimum Gasteiger partial charge on any atom is -0.491 e. The van der Waals surface area contributed by atoms with E-state index in [1.165, 1.54) is 12.1 Å². The van der Waals surface area contributed by atoms with Crippen molar-refractivity contribution in [2.45, 2.75) is 44.6 Å². The molecule has 0 bridgehead atoms. The molecule has 0 saturated carbocycles. The van der Waals surface area contributed by atoms with Gasteiger partial charge in [-0.2, -0.15) is 5.26 Å². The maximum absolute atomic E-state index is 13.4. The van der Waals surface area contributed by atoms with Gasteiger partial charge in [-0.25, -0.2) is 4.39 Å². The van der Waals surface area contributed by atoms with Crippen LogP contribution in [0.2, 0.25) is 0 Å². The Labute approximate surface area is 170 Å². The average molecular weight is 396 g/mol. The lowest BCUT2D eigenvalue weighted by Crippen LogP contribution is -2.45. The summed E-state index contributed by atoms with van der Waals surface area (Å²) in [5, 5.41) is 12.5. The predicted molar refractivity (Wildman–Crippen MR) is 108 cm³/mol. The Bertz CT molecular complexity index is 899. The summed E-state index contributed by atoms with van der Waals surface area (Å²) in [5.74, 6) is 0.0211. The van der Waals surface area contributed by atoms with E-state index in [1.54, 1.807) is 30.3 Å². The van der Waals surface area contributed by atoms with Gasteiger partial charge in [0.15, 0.2) is 0 Å². The highest BCUT2D eigenvalue weighted by molar-refractivity contribution is 6.00. The number of benzene rings is 2. The summed E-state index contributed by atoms with van der Waals surface area (Å²) in [4.78, 5) is 13.4. The number of rotatable bonds is 6. The van der Waals surface area contributed by atoms with Gasteiger partial charge in [0.1, 0.15) is 17.6 Å². The van der Waals surface area contributed by atoms with Crippen LogP contribution in [0, 0.1) is 17.1 Å². The number of anilines is 1. The molecule has 1 amide bonds. The molecular weight excluding hydrogens is 371 g/mol. The van der Waals surface area contributed by atoms with Crippen LogP contribution >= 0.6 is 0 Å². The van der Waals surface area contributed by atoms with E-state index in [4.69, 9.17) is 9.47 Å². The number of ether oxygens (including phenoxy) is 2. The zero-order chi connectivity index (χ0) is 20.9. The molecular formula is C23H25FN2O3. The first kappa shape index (κ1) is 20.8. The van der Waals surface area contributed by atoms with Gasteiger partial charge in [-0.05, 0) is 56.0 Å². The fourth-order valence-electron chi connectivity index (χ4n) is 3.49. The minimum atomic E-state index is -0.829. The van der Waals surface area contributed by atoms with E-state index >= 15 is 0 Å². The van der Waals surface area contributed by atoms with Crippen LogP contribution in [0.25, 0.3) is 0 Å². The van der Waals surface area contributed by atoms with E-state index in [0.29, 0.717) is 43.1 Å². The number of nitrogens with zero attached hydrogens (tertiary/aromatic N) is 1. The molecule has 1 heterocycles. The summed E-state index contributed by atoms with van der Waals surface area (Å²) >= 11 is 0. The van der Waals surface area contributed by atoms with Gasteiger partial charge in [-0.1, -0.05) is 19.1 Å². The first-order chi connectivity index (χ1) is 14.0. The summed E-state index contributed by atoms with van der Waals surface area (Å²) in [5.41, 5.74) is 0.683. The van der Waals surface area contributed by atoms with Crippen LogP contribution in [-0.2, 0) is 14.9 Å². The Kier molecular flexibility index (Phi) is 6.50. The molecule has 2 aromatic rings. The standard InChI is InChI=1S/C23H25FN2O3/c1-3-16(2)29-20-8-9-21(17(14-20)15-25)26-22(27)23(10-12-28-13-11-23)18-4-6-19(24)7-5-18/h4-9,14,16H,3,10-13H2,1-2H3,(H,26,27). The van der Waals surface area contributed by atoms with Crippen molar-refractivity contribution < 1.29 is 18.7 Å². The van der Waals surface area contributed by atoms with Crippen LogP contribution in [0.3, 0.4) is 0 Å². The van der Waals surface area contributed by atoms with E-state index in [2.05, 4.69) is 11.4 Å². The van der Waals surface area contributed by atoms with Crippen LogP contribution in [0.4, 0.5) is 10.1 Å². The highest BCUT2D eigenvalue weighted by atomic mass is 19.1. The van der Waals surface area contributed by atoms with E-state index in [0.717, 1.165) is 12.0 Å². The molecule has 6 heteroatoms. The lowest BCUT2D eigenvalue weighted by molar-refractivity contribution is -0.125. The van der Waals surface area contributed by atoms with Crippen molar-refractivity contribution in [1.29, 1.82) is 5.26 Å². The molecule has 29 heavy (non-hydrogen) atoms. The number of nitrogens with one attached hydrogen (secondary N) is 1. The van der Waals surface area contributed by atoms with Crippen molar-refractivity contribution in [2.24, 2.45) is 0 Å². The Hall–Kier alpha value is -2.91. The van der Waals surface area contributed by atoms with Crippen molar-refractivity contribution in [2.75, 3.05) is 18.5 Å². The molecule has 1 saturated heterocycles. The van der Waals surface area contributed by atoms with Gasteiger partial charge >= 0.3 is 0 Å². The first-order valence-corrected chi connectivity index (χ1v) is 9.84. The quantitative estimate of drug-likeness (QED) is 0.777. The Morgan fingerprint density at radius 2 is 1.97 bits per heavy atom. The first-order valence-electron chi connectivity index (χ1n) is 9.84. The number of carbonyl (C=O) groups is 1. The molecule has 1 fully saturated rings. The van der Waals surface area contributed by atoms with Crippen molar-refractivity contribution in [3.05, 3.63) is 59.4 Å². The van der Waals surface area contributed by atoms with Crippen LogP contribution in [0.5, 0.6) is 5.75 Å². The third-order valence-electron chi connectivity index (χ3n) is 5.45. The summed E-state index contributed by atoms with van der Waals surface area (Å²) in [6.07, 6.45) is 1.86. The second-order valence-electron chi connectivity index (χ2n) is 7.31. The molecule has 3 rings (SSSR count). The number of amides is 1. The topological polar surface area (TPSA) is 71.3 Å². The maximum atomic E-state index is 13.4. The van der Waals surface area contributed by atoms with Crippen LogP contribution in [0.15, 0.2) is 42.5 Å². The highest BCUT2D eigenvalue weighted by Crippen LogP contribution is 2.37. The number of hydrogen-bond acceptors (Lipinski definition) is 4. The van der Waals surface area contributed by atoms with Gasteiger partial charge < -0.3 is 14.8 Å². The van der Waals surface area contributed by atoms with Gasteiger partial charge in [0, 0.05) is 19.3 Å². The zero-order valence-electron chi connectivity index (χ0n) is 16.7. The SMILES string of the molecule is CCC(C)Oc1ccc(NC(=O)C2(c3ccc(F)cc3)CCOCC2)c(C#N)c1. The third kappa shape index (κ3) is 4.57. The lowest BCUT2D eigenvalue weighted by atomic mass is 9.73. The van der Waals surface area contributed by atoms with Gasteiger partial charge in [-0.15, -0.1) is 0 Å². The smallest absolute Gasteiger partial charge is 0.235 e. The number of nitriles is 1. The molecule has 2 aromatic carbocycles. The fourth-order valence-corrected chi connectivity index (χ4v) is 3.49. The van der Waals surface area contributed by atoms with Crippen molar-refractivity contribution in [3.63, 3.8) is 0 Å². The second-order valence-corrected chi connectivity index (χ2v) is 7.31. The molecule has 0 aromatic heterocycles. The molecule has 0 aliphatic carbocycles. The Balaban J connectivity index is 1.88. The fraction of sp³-hybridized carbons (Fsp3) is 0.391. The molecule has 0 radical (unpaired) electrons. The predicted octanol–water partition coefficient (Wildman–Crippen LogP) is 4.56. The summed E-state index contributed by atoms with van der Waals surface area (Å²) in [6.45, 7) is 4.86. The third-order valence-corrected chi connectivity index (χ3v) is 5.45.